The normalized spacial score (nSPS) is 17.0. The highest BCUT2D eigenvalue weighted by Gasteiger charge is 2.27. The molecule has 0 radical (unpaired) electrons. The fourth-order valence-electron chi connectivity index (χ4n) is 2.95. The maximum atomic E-state index is 11.5. The number of aliphatic hydroxyl groups excluding tert-OH is 1. The minimum absolute atomic E-state index is 0.0124. The van der Waals surface area contributed by atoms with Gasteiger partial charge in [-0.15, -0.1) is 0 Å². The van der Waals surface area contributed by atoms with Crippen molar-refractivity contribution in [3.63, 3.8) is 0 Å². The van der Waals surface area contributed by atoms with Crippen molar-refractivity contribution in [3.8, 4) is 11.4 Å². The molecule has 1 aliphatic rings. The van der Waals surface area contributed by atoms with Gasteiger partial charge in [-0.25, -0.2) is 0 Å². The maximum absolute atomic E-state index is 11.5. The fraction of sp³-hybridized carbons (Fsp3) is 0.471. The second-order valence-electron chi connectivity index (χ2n) is 6.02. The molecule has 128 valence electrons. The average molecular weight is 330 g/mol. The van der Waals surface area contributed by atoms with Gasteiger partial charge in [0.1, 0.15) is 6.61 Å². The van der Waals surface area contributed by atoms with E-state index in [1.54, 1.807) is 4.90 Å². The minimum Gasteiger partial charge on any atom is -0.387 e. The lowest BCUT2D eigenvalue weighted by atomic mass is 10.1. The SMILES string of the molecule is Cc1ccccc1-c1noc(C(C)N2CCN(C(=O)CO)CC2)n1. The van der Waals surface area contributed by atoms with Gasteiger partial charge in [-0.1, -0.05) is 29.4 Å². The summed E-state index contributed by atoms with van der Waals surface area (Å²) in [6, 6.07) is 7.93. The van der Waals surface area contributed by atoms with Crippen LogP contribution in [0, 0.1) is 6.92 Å². The Morgan fingerprint density at radius 2 is 2.00 bits per heavy atom. The number of aryl methyl sites for hydroxylation is 1. The third-order valence-corrected chi connectivity index (χ3v) is 4.54. The van der Waals surface area contributed by atoms with Crippen LogP contribution in [0.4, 0.5) is 0 Å². The van der Waals surface area contributed by atoms with Crippen LogP contribution < -0.4 is 0 Å². The summed E-state index contributed by atoms with van der Waals surface area (Å²) in [7, 11) is 0. The number of aromatic nitrogens is 2. The molecule has 24 heavy (non-hydrogen) atoms. The lowest BCUT2D eigenvalue weighted by Gasteiger charge is -2.36. The molecule has 0 bridgehead atoms. The first-order valence-electron chi connectivity index (χ1n) is 8.12. The van der Waals surface area contributed by atoms with Gasteiger partial charge in [0.25, 0.3) is 0 Å². The van der Waals surface area contributed by atoms with Gasteiger partial charge >= 0.3 is 0 Å². The molecule has 7 nitrogen and oxygen atoms in total. The molecule has 1 saturated heterocycles. The van der Waals surface area contributed by atoms with Crippen molar-refractivity contribution in [1.82, 2.24) is 19.9 Å². The summed E-state index contributed by atoms with van der Waals surface area (Å²) in [6.45, 7) is 6.25. The van der Waals surface area contributed by atoms with E-state index in [0.717, 1.165) is 24.2 Å². The van der Waals surface area contributed by atoms with E-state index < -0.39 is 6.61 Å². The van der Waals surface area contributed by atoms with Gasteiger partial charge in [0, 0.05) is 31.7 Å². The molecule has 7 heteroatoms. The number of hydrogen-bond acceptors (Lipinski definition) is 6. The van der Waals surface area contributed by atoms with Crippen molar-refractivity contribution in [2.75, 3.05) is 32.8 Å². The van der Waals surface area contributed by atoms with Gasteiger partial charge in [0.05, 0.1) is 6.04 Å². The Labute approximate surface area is 140 Å². The topological polar surface area (TPSA) is 82.7 Å². The van der Waals surface area contributed by atoms with Gasteiger partial charge in [-0.2, -0.15) is 4.98 Å². The van der Waals surface area contributed by atoms with Crippen molar-refractivity contribution < 1.29 is 14.4 Å². The Morgan fingerprint density at radius 3 is 2.67 bits per heavy atom. The molecule has 1 fully saturated rings. The van der Waals surface area contributed by atoms with Crippen molar-refractivity contribution in [3.05, 3.63) is 35.7 Å². The van der Waals surface area contributed by atoms with Crippen LogP contribution in [0.5, 0.6) is 0 Å². The largest absolute Gasteiger partial charge is 0.387 e. The van der Waals surface area contributed by atoms with Crippen LogP contribution in [0.25, 0.3) is 11.4 Å². The van der Waals surface area contributed by atoms with E-state index in [2.05, 4.69) is 15.0 Å². The predicted octanol–water partition coefficient (Wildman–Crippen LogP) is 1.24. The molecule has 1 amide bonds. The summed E-state index contributed by atoms with van der Waals surface area (Å²) in [5.74, 6) is 0.959. The van der Waals surface area contributed by atoms with Crippen LogP contribution in [0.15, 0.2) is 28.8 Å². The van der Waals surface area contributed by atoms with E-state index in [1.165, 1.54) is 0 Å². The molecule has 1 aromatic carbocycles. The average Bonchev–Trinajstić information content (AvgIpc) is 3.11. The number of piperazine rings is 1. The molecule has 1 N–H and O–H groups in total. The standard InChI is InChI=1S/C17H22N4O3/c1-12-5-3-4-6-14(12)16-18-17(24-19-16)13(2)20-7-9-21(10-8-20)15(23)11-22/h3-6,13,22H,7-11H2,1-2H3. The molecular formula is C17H22N4O3. The Kier molecular flexibility index (Phi) is 4.92. The zero-order valence-electron chi connectivity index (χ0n) is 14.0. The Bertz CT molecular complexity index is 707. The number of amides is 1. The maximum Gasteiger partial charge on any atom is 0.248 e. The van der Waals surface area contributed by atoms with Crippen molar-refractivity contribution in [2.24, 2.45) is 0 Å². The van der Waals surface area contributed by atoms with Crippen LogP contribution >= 0.6 is 0 Å². The highest BCUT2D eigenvalue weighted by atomic mass is 16.5. The molecule has 0 spiro atoms. The number of rotatable bonds is 4. The zero-order chi connectivity index (χ0) is 17.1. The Hall–Kier alpha value is -2.25. The molecule has 1 aliphatic heterocycles. The van der Waals surface area contributed by atoms with E-state index in [0.29, 0.717) is 24.8 Å². The first-order valence-corrected chi connectivity index (χ1v) is 8.12. The van der Waals surface area contributed by atoms with Crippen molar-refractivity contribution >= 4 is 5.91 Å². The summed E-state index contributed by atoms with van der Waals surface area (Å²) in [5.41, 5.74) is 2.08. The smallest absolute Gasteiger partial charge is 0.248 e. The predicted molar refractivity (Wildman–Crippen MR) is 88.1 cm³/mol. The van der Waals surface area contributed by atoms with Gasteiger partial charge < -0.3 is 14.5 Å². The molecular weight excluding hydrogens is 308 g/mol. The monoisotopic (exact) mass is 330 g/mol. The number of hydrogen-bond donors (Lipinski definition) is 1. The molecule has 2 heterocycles. The highest BCUT2D eigenvalue weighted by Crippen LogP contribution is 2.25. The number of nitrogens with zero attached hydrogens (tertiary/aromatic N) is 4. The van der Waals surface area contributed by atoms with Crippen LogP contribution in [0.2, 0.25) is 0 Å². The van der Waals surface area contributed by atoms with Crippen LogP contribution in [0.3, 0.4) is 0 Å². The second kappa shape index (κ2) is 7.11. The Morgan fingerprint density at radius 1 is 1.29 bits per heavy atom. The summed E-state index contributed by atoms with van der Waals surface area (Å²) in [6.07, 6.45) is 0. The third-order valence-electron chi connectivity index (χ3n) is 4.54. The first-order chi connectivity index (χ1) is 11.6. The Balaban J connectivity index is 1.68. The molecule has 0 aliphatic carbocycles. The summed E-state index contributed by atoms with van der Waals surface area (Å²) in [4.78, 5) is 19.9. The summed E-state index contributed by atoms with van der Waals surface area (Å²) >= 11 is 0. The third kappa shape index (κ3) is 3.32. The van der Waals surface area contributed by atoms with Crippen LogP contribution in [-0.2, 0) is 4.79 Å². The molecule has 1 unspecified atom stereocenters. The minimum atomic E-state index is -0.432. The van der Waals surface area contributed by atoms with Gasteiger partial charge in [-0.05, 0) is 19.4 Å². The lowest BCUT2D eigenvalue weighted by molar-refractivity contribution is -0.136. The van der Waals surface area contributed by atoms with E-state index in [1.807, 2.05) is 38.1 Å². The molecule has 1 aromatic heterocycles. The zero-order valence-corrected chi connectivity index (χ0v) is 14.0. The van der Waals surface area contributed by atoms with E-state index >= 15 is 0 Å². The molecule has 0 saturated carbocycles. The number of aliphatic hydroxyl groups is 1. The molecule has 3 rings (SSSR count). The van der Waals surface area contributed by atoms with Crippen molar-refractivity contribution in [2.45, 2.75) is 19.9 Å². The number of benzene rings is 1. The van der Waals surface area contributed by atoms with E-state index in [9.17, 15) is 4.79 Å². The number of carbonyl (C=O) groups excluding carboxylic acids is 1. The van der Waals surface area contributed by atoms with Gasteiger partial charge in [0.15, 0.2) is 0 Å². The summed E-state index contributed by atoms with van der Waals surface area (Å²) in [5, 5.41) is 13.0. The number of carbonyl (C=O) groups is 1. The van der Waals surface area contributed by atoms with Gasteiger partial charge in [-0.3, -0.25) is 9.69 Å². The first kappa shape index (κ1) is 16.6. The van der Waals surface area contributed by atoms with Crippen LogP contribution in [-0.4, -0.2) is 63.7 Å². The van der Waals surface area contributed by atoms with E-state index in [4.69, 9.17) is 9.63 Å². The molecule has 2 aromatic rings. The van der Waals surface area contributed by atoms with Gasteiger partial charge in [0.2, 0.25) is 17.6 Å². The van der Waals surface area contributed by atoms with Crippen molar-refractivity contribution in [1.29, 1.82) is 0 Å². The quantitative estimate of drug-likeness (QED) is 0.908. The summed E-state index contributed by atoms with van der Waals surface area (Å²) < 4.78 is 5.46. The van der Waals surface area contributed by atoms with Crippen LogP contribution in [0.1, 0.15) is 24.4 Å². The lowest BCUT2D eigenvalue weighted by Crippen LogP contribution is -2.50. The fourth-order valence-corrected chi connectivity index (χ4v) is 2.95. The molecule has 1 atom stereocenters. The highest BCUT2D eigenvalue weighted by molar-refractivity contribution is 5.77. The second-order valence-corrected chi connectivity index (χ2v) is 6.02. The van der Waals surface area contributed by atoms with E-state index in [-0.39, 0.29) is 11.9 Å².